The van der Waals surface area contributed by atoms with E-state index in [0.717, 1.165) is 22.7 Å². The number of thiazole rings is 1. The van der Waals surface area contributed by atoms with Crippen LogP contribution in [0, 0.1) is 0 Å². The molecule has 7 nitrogen and oxygen atoms in total. The molecule has 8 heteroatoms. The smallest absolute Gasteiger partial charge is 0.271 e. The molecule has 2 N–H and O–H groups in total. The van der Waals surface area contributed by atoms with Gasteiger partial charge in [-0.15, -0.1) is 11.3 Å². The Morgan fingerprint density at radius 2 is 2.00 bits per heavy atom. The van der Waals surface area contributed by atoms with Gasteiger partial charge in [0.25, 0.3) is 5.91 Å². The fourth-order valence-electron chi connectivity index (χ4n) is 2.56. The minimum absolute atomic E-state index is 0.230. The molecule has 1 aliphatic heterocycles. The number of nitrogens with zero attached hydrogens (tertiary/aromatic N) is 1. The second kappa shape index (κ2) is 7.55. The minimum atomic E-state index is -0.230. The molecule has 2 heterocycles. The van der Waals surface area contributed by atoms with Crippen molar-refractivity contribution in [3.05, 3.63) is 59.1 Å². The van der Waals surface area contributed by atoms with Gasteiger partial charge in [0.2, 0.25) is 6.79 Å². The molecule has 0 atom stereocenters. The Bertz CT molecular complexity index is 956. The summed E-state index contributed by atoms with van der Waals surface area (Å²) in [5, 5.41) is 8.41. The molecule has 0 bridgehead atoms. The summed E-state index contributed by atoms with van der Waals surface area (Å²) >= 11 is 1.37. The molecule has 0 saturated carbocycles. The summed E-state index contributed by atoms with van der Waals surface area (Å²) in [6, 6.07) is 13.1. The van der Waals surface area contributed by atoms with Crippen molar-refractivity contribution >= 4 is 28.1 Å². The first kappa shape index (κ1) is 17.2. The van der Waals surface area contributed by atoms with Gasteiger partial charge < -0.3 is 24.8 Å². The monoisotopic (exact) mass is 383 g/mol. The molecule has 1 aromatic heterocycles. The summed E-state index contributed by atoms with van der Waals surface area (Å²) in [5.74, 6) is 1.97. The molecule has 0 unspecified atom stereocenters. The van der Waals surface area contributed by atoms with Crippen molar-refractivity contribution < 1.29 is 19.0 Å². The quantitative estimate of drug-likeness (QED) is 0.677. The average Bonchev–Trinajstić information content (AvgIpc) is 3.35. The molecule has 0 aliphatic carbocycles. The number of rotatable bonds is 6. The van der Waals surface area contributed by atoms with Gasteiger partial charge in [0.15, 0.2) is 16.6 Å². The maximum Gasteiger partial charge on any atom is 0.271 e. The predicted octanol–water partition coefficient (Wildman–Crippen LogP) is 3.55. The van der Waals surface area contributed by atoms with Crippen molar-refractivity contribution in [1.29, 1.82) is 0 Å². The lowest BCUT2D eigenvalue weighted by molar-refractivity contribution is 0.0946. The van der Waals surface area contributed by atoms with Crippen LogP contribution in [-0.2, 0) is 6.54 Å². The standard InChI is InChI=1S/C19H17N3O4S/c1-24-14-5-3-13(4-6-14)21-19-22-15(10-27-19)18(23)20-9-12-2-7-16-17(8-12)26-11-25-16/h2-8,10H,9,11H2,1H3,(H,20,23)(H,21,22). The van der Waals surface area contributed by atoms with E-state index in [4.69, 9.17) is 14.2 Å². The number of benzene rings is 2. The van der Waals surface area contributed by atoms with Crippen molar-refractivity contribution in [3.63, 3.8) is 0 Å². The van der Waals surface area contributed by atoms with Gasteiger partial charge in [0, 0.05) is 17.6 Å². The van der Waals surface area contributed by atoms with E-state index in [2.05, 4.69) is 15.6 Å². The maximum atomic E-state index is 12.3. The SMILES string of the molecule is COc1ccc(Nc2nc(C(=O)NCc3ccc4c(c3)OCO4)cs2)cc1. The number of nitrogens with one attached hydrogen (secondary N) is 2. The molecule has 27 heavy (non-hydrogen) atoms. The fraction of sp³-hybridized carbons (Fsp3) is 0.158. The van der Waals surface area contributed by atoms with Gasteiger partial charge in [0.1, 0.15) is 11.4 Å². The molecule has 2 aromatic carbocycles. The lowest BCUT2D eigenvalue weighted by Gasteiger charge is -2.05. The van der Waals surface area contributed by atoms with E-state index in [9.17, 15) is 4.79 Å². The molecule has 0 saturated heterocycles. The lowest BCUT2D eigenvalue weighted by atomic mass is 10.2. The maximum absolute atomic E-state index is 12.3. The van der Waals surface area contributed by atoms with Crippen molar-refractivity contribution in [1.82, 2.24) is 10.3 Å². The molecule has 0 fully saturated rings. The van der Waals surface area contributed by atoms with E-state index in [1.165, 1.54) is 11.3 Å². The number of ether oxygens (including phenoxy) is 3. The van der Waals surface area contributed by atoms with E-state index in [-0.39, 0.29) is 12.7 Å². The number of hydrogen-bond acceptors (Lipinski definition) is 7. The Labute approximate surface area is 159 Å². The van der Waals surface area contributed by atoms with Crippen molar-refractivity contribution in [2.45, 2.75) is 6.54 Å². The predicted molar refractivity (Wildman–Crippen MR) is 102 cm³/mol. The Hall–Kier alpha value is -3.26. The Kier molecular flexibility index (Phi) is 4.80. The van der Waals surface area contributed by atoms with Crippen LogP contribution >= 0.6 is 11.3 Å². The molecule has 138 valence electrons. The Morgan fingerprint density at radius 1 is 1.19 bits per heavy atom. The van der Waals surface area contributed by atoms with E-state index >= 15 is 0 Å². The third-order valence-corrected chi connectivity index (χ3v) is 4.73. The van der Waals surface area contributed by atoms with Crippen LogP contribution in [0.4, 0.5) is 10.8 Å². The summed E-state index contributed by atoms with van der Waals surface area (Å²) < 4.78 is 15.8. The van der Waals surface area contributed by atoms with Gasteiger partial charge in [-0.1, -0.05) is 6.07 Å². The molecule has 0 spiro atoms. The number of amides is 1. The van der Waals surface area contributed by atoms with Gasteiger partial charge in [-0.05, 0) is 42.0 Å². The largest absolute Gasteiger partial charge is 0.497 e. The van der Waals surface area contributed by atoms with Crippen LogP contribution in [-0.4, -0.2) is 24.8 Å². The first-order chi connectivity index (χ1) is 13.2. The molecule has 4 rings (SSSR count). The second-order valence-electron chi connectivity index (χ2n) is 5.76. The summed E-state index contributed by atoms with van der Waals surface area (Å²) in [5.41, 5.74) is 2.17. The number of anilines is 2. The molecule has 3 aromatic rings. The molecule has 1 aliphatic rings. The number of carbonyl (C=O) groups excluding carboxylic acids is 1. The van der Waals surface area contributed by atoms with Gasteiger partial charge in [0.05, 0.1) is 7.11 Å². The van der Waals surface area contributed by atoms with E-state index in [1.807, 2.05) is 42.5 Å². The van der Waals surface area contributed by atoms with Gasteiger partial charge in [-0.2, -0.15) is 0 Å². The highest BCUT2D eigenvalue weighted by molar-refractivity contribution is 7.14. The van der Waals surface area contributed by atoms with Crippen LogP contribution in [0.2, 0.25) is 0 Å². The third kappa shape index (κ3) is 3.95. The van der Waals surface area contributed by atoms with Crippen LogP contribution < -0.4 is 24.8 Å². The van der Waals surface area contributed by atoms with Gasteiger partial charge in [-0.25, -0.2) is 4.98 Å². The minimum Gasteiger partial charge on any atom is -0.497 e. The van der Waals surface area contributed by atoms with E-state index in [1.54, 1.807) is 12.5 Å². The van der Waals surface area contributed by atoms with Crippen molar-refractivity contribution in [2.24, 2.45) is 0 Å². The number of fused-ring (bicyclic) bond motifs is 1. The van der Waals surface area contributed by atoms with Gasteiger partial charge in [-0.3, -0.25) is 4.79 Å². The molecule has 0 radical (unpaired) electrons. The lowest BCUT2D eigenvalue weighted by Crippen LogP contribution is -2.23. The summed E-state index contributed by atoms with van der Waals surface area (Å²) in [6.45, 7) is 0.613. The number of methoxy groups -OCH3 is 1. The fourth-order valence-corrected chi connectivity index (χ4v) is 3.27. The van der Waals surface area contributed by atoms with Crippen LogP contribution in [0.1, 0.15) is 16.1 Å². The summed E-state index contributed by atoms with van der Waals surface area (Å²) in [4.78, 5) is 16.7. The topological polar surface area (TPSA) is 81.7 Å². The average molecular weight is 383 g/mol. The number of hydrogen-bond donors (Lipinski definition) is 2. The first-order valence-corrected chi connectivity index (χ1v) is 9.12. The van der Waals surface area contributed by atoms with Crippen LogP contribution in [0.25, 0.3) is 0 Å². The highest BCUT2D eigenvalue weighted by atomic mass is 32.1. The highest BCUT2D eigenvalue weighted by Crippen LogP contribution is 2.32. The Balaban J connectivity index is 1.35. The highest BCUT2D eigenvalue weighted by Gasteiger charge is 2.14. The first-order valence-electron chi connectivity index (χ1n) is 8.24. The van der Waals surface area contributed by atoms with Crippen LogP contribution in [0.3, 0.4) is 0 Å². The van der Waals surface area contributed by atoms with Crippen LogP contribution in [0.15, 0.2) is 47.8 Å². The van der Waals surface area contributed by atoms with Gasteiger partial charge >= 0.3 is 0 Å². The number of aromatic nitrogens is 1. The second-order valence-corrected chi connectivity index (χ2v) is 6.62. The number of carbonyl (C=O) groups is 1. The normalized spacial score (nSPS) is 11.9. The van der Waals surface area contributed by atoms with E-state index < -0.39 is 0 Å². The Morgan fingerprint density at radius 3 is 2.81 bits per heavy atom. The zero-order valence-electron chi connectivity index (χ0n) is 14.5. The molecule has 1 amide bonds. The van der Waals surface area contributed by atoms with Crippen molar-refractivity contribution in [3.8, 4) is 17.2 Å². The van der Waals surface area contributed by atoms with E-state index in [0.29, 0.717) is 23.1 Å². The molecular formula is C19H17N3O4S. The van der Waals surface area contributed by atoms with Crippen molar-refractivity contribution in [2.75, 3.05) is 19.2 Å². The molecular weight excluding hydrogens is 366 g/mol. The zero-order chi connectivity index (χ0) is 18.6. The zero-order valence-corrected chi connectivity index (χ0v) is 15.3. The summed E-state index contributed by atoms with van der Waals surface area (Å²) in [7, 11) is 1.62. The third-order valence-electron chi connectivity index (χ3n) is 3.97. The summed E-state index contributed by atoms with van der Waals surface area (Å²) in [6.07, 6.45) is 0. The van der Waals surface area contributed by atoms with Crippen LogP contribution in [0.5, 0.6) is 17.2 Å².